The third-order valence-electron chi connectivity index (χ3n) is 4.23. The molecule has 0 atom stereocenters. The van der Waals surface area contributed by atoms with Crippen molar-refractivity contribution in [2.75, 3.05) is 0 Å². The molecule has 1 aromatic heterocycles. The van der Waals surface area contributed by atoms with Crippen LogP contribution in [0.2, 0.25) is 0 Å². The van der Waals surface area contributed by atoms with Gasteiger partial charge in [-0.05, 0) is 48.7 Å². The van der Waals surface area contributed by atoms with Gasteiger partial charge >= 0.3 is 0 Å². The van der Waals surface area contributed by atoms with Gasteiger partial charge in [0, 0.05) is 23.0 Å². The summed E-state index contributed by atoms with van der Waals surface area (Å²) in [6, 6.07) is 17.2. The van der Waals surface area contributed by atoms with Crippen molar-refractivity contribution in [3.05, 3.63) is 83.7 Å². The summed E-state index contributed by atoms with van der Waals surface area (Å²) in [4.78, 5) is 1.51. The van der Waals surface area contributed by atoms with Crippen molar-refractivity contribution in [2.45, 2.75) is 42.2 Å². The summed E-state index contributed by atoms with van der Waals surface area (Å²) in [5.74, 6) is 0.760. The minimum atomic E-state index is -3.55. The Morgan fingerprint density at radius 1 is 0.923 bits per heavy atom. The number of benzene rings is 2. The molecule has 0 aliphatic carbocycles. The van der Waals surface area contributed by atoms with Crippen molar-refractivity contribution < 1.29 is 8.42 Å². The van der Waals surface area contributed by atoms with Crippen molar-refractivity contribution in [2.24, 2.45) is 0 Å². The summed E-state index contributed by atoms with van der Waals surface area (Å²) in [6.07, 6.45) is 5.41. The third-order valence-corrected chi connectivity index (χ3v) is 6.93. The number of thioether (sulfide) groups is 1. The SMILES string of the molecule is CCCc1cn(S(=O)(=O)c2ccc(C)cc2)cc1CSc1ccccc1. The van der Waals surface area contributed by atoms with E-state index in [1.807, 2.05) is 37.3 Å². The summed E-state index contributed by atoms with van der Waals surface area (Å²) >= 11 is 1.73. The van der Waals surface area contributed by atoms with E-state index in [2.05, 4.69) is 19.1 Å². The average molecular weight is 386 g/mol. The van der Waals surface area contributed by atoms with E-state index >= 15 is 0 Å². The molecule has 0 saturated heterocycles. The van der Waals surface area contributed by atoms with Crippen molar-refractivity contribution in [3.63, 3.8) is 0 Å². The fourth-order valence-corrected chi connectivity index (χ4v) is 4.97. The number of nitrogens with zero attached hydrogens (tertiary/aromatic N) is 1. The molecule has 5 heteroatoms. The van der Waals surface area contributed by atoms with Gasteiger partial charge in [0.25, 0.3) is 10.0 Å². The zero-order valence-corrected chi connectivity index (χ0v) is 16.7. The van der Waals surface area contributed by atoms with Crippen LogP contribution < -0.4 is 0 Å². The Bertz CT molecular complexity index is 959. The van der Waals surface area contributed by atoms with E-state index in [0.717, 1.165) is 35.3 Å². The highest BCUT2D eigenvalue weighted by Gasteiger charge is 2.19. The smallest absolute Gasteiger partial charge is 0.248 e. The van der Waals surface area contributed by atoms with Crippen LogP contribution in [0, 0.1) is 6.92 Å². The third kappa shape index (κ3) is 4.22. The van der Waals surface area contributed by atoms with E-state index < -0.39 is 10.0 Å². The Hall–Kier alpha value is -1.98. The number of hydrogen-bond acceptors (Lipinski definition) is 3. The predicted molar refractivity (Wildman–Crippen MR) is 108 cm³/mol. The number of aryl methyl sites for hydroxylation is 2. The standard InChI is InChI=1S/C21H23NO2S2/c1-3-7-18-14-22(26(23,24)21-12-10-17(2)11-13-21)15-19(18)16-25-20-8-5-4-6-9-20/h4-6,8-15H,3,7,16H2,1-2H3. The van der Waals surface area contributed by atoms with Gasteiger partial charge in [-0.2, -0.15) is 0 Å². The van der Waals surface area contributed by atoms with Crippen LogP contribution in [0.1, 0.15) is 30.0 Å². The molecule has 2 aromatic carbocycles. The Labute approximate surface area is 160 Å². The molecule has 0 spiro atoms. The molecule has 136 valence electrons. The molecule has 3 aromatic rings. The van der Waals surface area contributed by atoms with Crippen molar-refractivity contribution in [1.29, 1.82) is 0 Å². The van der Waals surface area contributed by atoms with E-state index in [1.54, 1.807) is 36.3 Å². The van der Waals surface area contributed by atoms with Crippen LogP contribution in [0.3, 0.4) is 0 Å². The first-order valence-electron chi connectivity index (χ1n) is 8.70. The Balaban J connectivity index is 1.89. The van der Waals surface area contributed by atoms with E-state index in [-0.39, 0.29) is 0 Å². The van der Waals surface area contributed by atoms with E-state index in [1.165, 1.54) is 8.87 Å². The summed E-state index contributed by atoms with van der Waals surface area (Å²) < 4.78 is 27.3. The van der Waals surface area contributed by atoms with Crippen molar-refractivity contribution in [1.82, 2.24) is 3.97 Å². The number of hydrogen-bond donors (Lipinski definition) is 0. The van der Waals surface area contributed by atoms with Gasteiger partial charge in [0.15, 0.2) is 0 Å². The predicted octanol–water partition coefficient (Wildman–Crippen LogP) is 5.28. The maximum atomic E-state index is 12.9. The first kappa shape index (κ1) is 18.8. The molecule has 0 aliphatic rings. The van der Waals surface area contributed by atoms with E-state index in [9.17, 15) is 8.42 Å². The molecule has 26 heavy (non-hydrogen) atoms. The molecule has 3 rings (SSSR count). The van der Waals surface area contributed by atoms with Crippen LogP contribution in [0.15, 0.2) is 76.8 Å². The second kappa shape index (κ2) is 8.14. The van der Waals surface area contributed by atoms with Crippen LogP contribution in [0.25, 0.3) is 0 Å². The minimum absolute atomic E-state index is 0.323. The van der Waals surface area contributed by atoms with Gasteiger partial charge in [0.1, 0.15) is 0 Å². The highest BCUT2D eigenvalue weighted by atomic mass is 32.2. The molecule has 0 radical (unpaired) electrons. The van der Waals surface area contributed by atoms with Crippen molar-refractivity contribution >= 4 is 21.8 Å². The molecular weight excluding hydrogens is 362 g/mol. The quantitative estimate of drug-likeness (QED) is 0.520. The lowest BCUT2D eigenvalue weighted by atomic mass is 10.1. The zero-order valence-electron chi connectivity index (χ0n) is 15.1. The Morgan fingerprint density at radius 3 is 2.23 bits per heavy atom. The molecule has 0 fully saturated rings. The first-order valence-corrected chi connectivity index (χ1v) is 11.1. The monoisotopic (exact) mass is 385 g/mol. The molecule has 0 aliphatic heterocycles. The van der Waals surface area contributed by atoms with Gasteiger partial charge in [-0.1, -0.05) is 49.2 Å². The first-order chi connectivity index (χ1) is 12.5. The van der Waals surface area contributed by atoms with Gasteiger partial charge < -0.3 is 0 Å². The fourth-order valence-electron chi connectivity index (χ4n) is 2.78. The highest BCUT2D eigenvalue weighted by Crippen LogP contribution is 2.27. The lowest BCUT2D eigenvalue weighted by Crippen LogP contribution is -2.10. The molecule has 0 bridgehead atoms. The lowest BCUT2D eigenvalue weighted by molar-refractivity contribution is 0.587. The van der Waals surface area contributed by atoms with Gasteiger partial charge in [0.2, 0.25) is 0 Å². The second-order valence-electron chi connectivity index (χ2n) is 6.31. The molecular formula is C21H23NO2S2. The molecule has 0 unspecified atom stereocenters. The van der Waals surface area contributed by atoms with Gasteiger partial charge in [-0.25, -0.2) is 12.4 Å². The Kier molecular flexibility index (Phi) is 5.89. The molecule has 1 heterocycles. The van der Waals surface area contributed by atoms with Crippen LogP contribution in [-0.4, -0.2) is 12.4 Å². The minimum Gasteiger partial charge on any atom is -0.248 e. The fraction of sp³-hybridized carbons (Fsp3) is 0.238. The maximum Gasteiger partial charge on any atom is 0.267 e. The zero-order chi connectivity index (χ0) is 18.6. The molecule has 0 saturated carbocycles. The average Bonchev–Trinajstić information content (AvgIpc) is 3.05. The van der Waals surface area contributed by atoms with E-state index in [4.69, 9.17) is 0 Å². The number of rotatable bonds is 7. The number of aromatic nitrogens is 1. The largest absolute Gasteiger partial charge is 0.267 e. The van der Waals surface area contributed by atoms with Gasteiger partial charge in [-0.3, -0.25) is 0 Å². The van der Waals surface area contributed by atoms with Crippen molar-refractivity contribution in [3.8, 4) is 0 Å². The molecule has 0 amide bonds. The van der Waals surface area contributed by atoms with Gasteiger partial charge in [0.05, 0.1) is 4.90 Å². The van der Waals surface area contributed by atoms with E-state index in [0.29, 0.717) is 4.90 Å². The van der Waals surface area contributed by atoms with Crippen LogP contribution >= 0.6 is 11.8 Å². The lowest BCUT2D eigenvalue weighted by Gasteiger charge is -2.06. The summed E-state index contributed by atoms with van der Waals surface area (Å²) in [7, 11) is -3.55. The topological polar surface area (TPSA) is 39.1 Å². The Morgan fingerprint density at radius 2 is 1.58 bits per heavy atom. The summed E-state index contributed by atoms with van der Waals surface area (Å²) in [5, 5.41) is 0. The van der Waals surface area contributed by atoms with Crippen LogP contribution in [0.5, 0.6) is 0 Å². The van der Waals surface area contributed by atoms with Crippen LogP contribution in [-0.2, 0) is 22.2 Å². The second-order valence-corrected chi connectivity index (χ2v) is 9.20. The van der Waals surface area contributed by atoms with Gasteiger partial charge in [-0.15, -0.1) is 11.8 Å². The summed E-state index contributed by atoms with van der Waals surface area (Å²) in [5.41, 5.74) is 3.23. The maximum absolute atomic E-state index is 12.9. The van der Waals surface area contributed by atoms with Crippen LogP contribution in [0.4, 0.5) is 0 Å². The normalized spacial score (nSPS) is 11.6. The molecule has 0 N–H and O–H groups in total. The molecule has 3 nitrogen and oxygen atoms in total. The summed E-state index contributed by atoms with van der Waals surface area (Å²) in [6.45, 7) is 4.06. The highest BCUT2D eigenvalue weighted by molar-refractivity contribution is 7.98.